The first-order chi connectivity index (χ1) is 13.5. The van der Waals surface area contributed by atoms with E-state index in [2.05, 4.69) is 19.2 Å². The predicted octanol–water partition coefficient (Wildman–Crippen LogP) is 4.89. The third-order valence-electron chi connectivity index (χ3n) is 6.51. The first-order valence-electron chi connectivity index (χ1n) is 11.2. The Kier molecular flexibility index (Phi) is 7.52. The van der Waals surface area contributed by atoms with Crippen molar-refractivity contribution in [2.45, 2.75) is 83.6 Å². The van der Waals surface area contributed by atoms with Gasteiger partial charge in [-0.1, -0.05) is 58.1 Å². The van der Waals surface area contributed by atoms with Crippen molar-refractivity contribution in [3.8, 4) is 0 Å². The molecule has 1 heterocycles. The quantitative estimate of drug-likeness (QED) is 0.759. The summed E-state index contributed by atoms with van der Waals surface area (Å²) >= 11 is 0. The van der Waals surface area contributed by atoms with Gasteiger partial charge in [0.25, 0.3) is 5.91 Å². The van der Waals surface area contributed by atoms with E-state index >= 15 is 0 Å². The van der Waals surface area contributed by atoms with E-state index in [9.17, 15) is 9.59 Å². The lowest BCUT2D eigenvalue weighted by molar-refractivity contribution is -0.132. The van der Waals surface area contributed by atoms with Gasteiger partial charge in [0.15, 0.2) is 0 Å². The fourth-order valence-electron chi connectivity index (χ4n) is 4.52. The van der Waals surface area contributed by atoms with Crippen molar-refractivity contribution in [1.82, 2.24) is 10.2 Å². The zero-order valence-corrected chi connectivity index (χ0v) is 17.6. The van der Waals surface area contributed by atoms with Gasteiger partial charge in [-0.2, -0.15) is 0 Å². The van der Waals surface area contributed by atoms with Crippen LogP contribution in [0.4, 0.5) is 0 Å². The van der Waals surface area contributed by atoms with Crippen LogP contribution in [-0.4, -0.2) is 35.8 Å². The summed E-state index contributed by atoms with van der Waals surface area (Å²) in [5.41, 5.74) is 1.96. The van der Waals surface area contributed by atoms with Crippen LogP contribution < -0.4 is 5.32 Å². The Morgan fingerprint density at radius 1 is 1.00 bits per heavy atom. The second-order valence-corrected chi connectivity index (χ2v) is 8.95. The Hall–Kier alpha value is -1.84. The molecule has 2 fully saturated rings. The lowest BCUT2D eigenvalue weighted by atomic mass is 9.86. The van der Waals surface area contributed by atoms with Gasteiger partial charge in [-0.3, -0.25) is 9.59 Å². The Bertz CT molecular complexity index is 639. The van der Waals surface area contributed by atoms with E-state index in [1.165, 1.54) is 37.7 Å². The zero-order valence-electron chi connectivity index (χ0n) is 17.6. The van der Waals surface area contributed by atoms with Gasteiger partial charge in [-0.25, -0.2) is 0 Å². The van der Waals surface area contributed by atoms with Gasteiger partial charge >= 0.3 is 0 Å². The molecule has 1 N–H and O–H groups in total. The number of hydrogen-bond donors (Lipinski definition) is 1. The molecule has 2 aliphatic rings. The van der Waals surface area contributed by atoms with Gasteiger partial charge in [0.05, 0.1) is 0 Å². The maximum absolute atomic E-state index is 12.5. The van der Waals surface area contributed by atoms with E-state index in [4.69, 9.17) is 0 Å². The van der Waals surface area contributed by atoms with E-state index in [-0.39, 0.29) is 11.9 Å². The van der Waals surface area contributed by atoms with E-state index < -0.39 is 0 Å². The Balaban J connectivity index is 1.39. The average Bonchev–Trinajstić information content (AvgIpc) is 2.73. The van der Waals surface area contributed by atoms with Gasteiger partial charge in [0, 0.05) is 31.1 Å². The summed E-state index contributed by atoms with van der Waals surface area (Å²) in [6.45, 7) is 5.83. The number of likely N-dealkylation sites (tertiary alicyclic amines) is 1. The molecule has 0 radical (unpaired) electrons. The molecule has 1 aromatic rings. The fraction of sp³-hybridized carbons (Fsp3) is 0.667. The van der Waals surface area contributed by atoms with Gasteiger partial charge in [0.1, 0.15) is 0 Å². The zero-order chi connectivity index (χ0) is 19.9. The van der Waals surface area contributed by atoms with Crippen molar-refractivity contribution in [2.24, 2.45) is 5.92 Å². The van der Waals surface area contributed by atoms with Crippen LogP contribution in [-0.2, 0) is 4.79 Å². The van der Waals surface area contributed by atoms with Crippen molar-refractivity contribution in [2.75, 3.05) is 13.1 Å². The van der Waals surface area contributed by atoms with Crippen LogP contribution in [0.1, 0.15) is 93.5 Å². The number of hydrogen-bond acceptors (Lipinski definition) is 2. The number of rotatable bonds is 6. The minimum absolute atomic E-state index is 0.00242. The van der Waals surface area contributed by atoms with Crippen LogP contribution in [0.5, 0.6) is 0 Å². The van der Waals surface area contributed by atoms with Crippen LogP contribution in [0.2, 0.25) is 0 Å². The second-order valence-electron chi connectivity index (χ2n) is 8.95. The van der Waals surface area contributed by atoms with E-state index in [1.54, 1.807) is 0 Å². The van der Waals surface area contributed by atoms with E-state index in [1.807, 2.05) is 29.2 Å². The van der Waals surface area contributed by atoms with Crippen LogP contribution >= 0.6 is 0 Å². The molecule has 1 saturated carbocycles. The van der Waals surface area contributed by atoms with E-state index in [0.717, 1.165) is 43.8 Å². The lowest BCUT2D eigenvalue weighted by Gasteiger charge is -2.33. The molecule has 1 saturated heterocycles. The molecular weight excluding hydrogens is 348 g/mol. The number of benzene rings is 1. The first-order valence-corrected chi connectivity index (χ1v) is 11.2. The number of carbonyl (C=O) groups is 2. The standard InChI is InChI=1S/C24H36N2O2/c1-18(2)20-9-11-21(12-10-20)24(28)25-22-14-16-26(17-15-22)23(27)13-8-19-6-4-3-5-7-19/h9-12,18-19,22H,3-8,13-17H2,1-2H3,(H,25,28). The summed E-state index contributed by atoms with van der Waals surface area (Å²) in [5.74, 6) is 1.53. The van der Waals surface area contributed by atoms with Gasteiger partial charge < -0.3 is 10.2 Å². The predicted molar refractivity (Wildman–Crippen MR) is 113 cm³/mol. The van der Waals surface area contributed by atoms with Crippen LogP contribution in [0.3, 0.4) is 0 Å². The summed E-state index contributed by atoms with van der Waals surface area (Å²) in [6.07, 6.45) is 10.1. The molecule has 3 rings (SSSR count). The normalized spacial score (nSPS) is 19.0. The Labute approximate surface area is 170 Å². The molecule has 0 aromatic heterocycles. The highest BCUT2D eigenvalue weighted by molar-refractivity contribution is 5.94. The molecule has 0 unspecified atom stereocenters. The highest BCUT2D eigenvalue weighted by Crippen LogP contribution is 2.27. The first kappa shape index (κ1) is 20.9. The molecule has 0 atom stereocenters. The molecule has 28 heavy (non-hydrogen) atoms. The van der Waals surface area contributed by atoms with Gasteiger partial charge in [-0.05, 0) is 48.8 Å². The minimum Gasteiger partial charge on any atom is -0.349 e. The third kappa shape index (κ3) is 5.83. The van der Waals surface area contributed by atoms with Crippen molar-refractivity contribution in [3.05, 3.63) is 35.4 Å². The lowest BCUT2D eigenvalue weighted by Crippen LogP contribution is -2.46. The fourth-order valence-corrected chi connectivity index (χ4v) is 4.52. The number of nitrogens with zero attached hydrogens (tertiary/aromatic N) is 1. The molecule has 4 nitrogen and oxygen atoms in total. The van der Waals surface area contributed by atoms with Crippen LogP contribution in [0, 0.1) is 5.92 Å². The van der Waals surface area contributed by atoms with Crippen molar-refractivity contribution >= 4 is 11.8 Å². The SMILES string of the molecule is CC(C)c1ccc(C(=O)NC2CCN(C(=O)CCC3CCCCC3)CC2)cc1. The molecular formula is C24H36N2O2. The maximum Gasteiger partial charge on any atom is 0.251 e. The molecule has 2 amide bonds. The average molecular weight is 385 g/mol. The summed E-state index contributed by atoms with van der Waals surface area (Å²) in [4.78, 5) is 27.0. The van der Waals surface area contributed by atoms with Crippen molar-refractivity contribution in [3.63, 3.8) is 0 Å². The van der Waals surface area contributed by atoms with Crippen molar-refractivity contribution in [1.29, 1.82) is 0 Å². The number of carbonyl (C=O) groups excluding carboxylic acids is 2. The minimum atomic E-state index is -0.00242. The Morgan fingerprint density at radius 3 is 2.25 bits per heavy atom. The molecule has 4 heteroatoms. The molecule has 154 valence electrons. The third-order valence-corrected chi connectivity index (χ3v) is 6.51. The second kappa shape index (κ2) is 10.1. The Morgan fingerprint density at radius 2 is 1.64 bits per heavy atom. The number of amides is 2. The largest absolute Gasteiger partial charge is 0.349 e. The smallest absolute Gasteiger partial charge is 0.251 e. The summed E-state index contributed by atoms with van der Waals surface area (Å²) in [7, 11) is 0. The molecule has 0 spiro atoms. The molecule has 0 bridgehead atoms. The molecule has 1 aromatic carbocycles. The molecule has 1 aliphatic heterocycles. The number of piperidine rings is 1. The highest BCUT2D eigenvalue weighted by Gasteiger charge is 2.25. The summed E-state index contributed by atoms with van der Waals surface area (Å²) in [5, 5.41) is 3.15. The summed E-state index contributed by atoms with van der Waals surface area (Å²) in [6, 6.07) is 8.06. The topological polar surface area (TPSA) is 49.4 Å². The van der Waals surface area contributed by atoms with Crippen LogP contribution in [0.25, 0.3) is 0 Å². The van der Waals surface area contributed by atoms with Gasteiger partial charge in [-0.15, -0.1) is 0 Å². The van der Waals surface area contributed by atoms with Gasteiger partial charge in [0.2, 0.25) is 5.91 Å². The maximum atomic E-state index is 12.5. The number of nitrogens with one attached hydrogen (secondary N) is 1. The van der Waals surface area contributed by atoms with E-state index in [0.29, 0.717) is 18.2 Å². The summed E-state index contributed by atoms with van der Waals surface area (Å²) < 4.78 is 0. The molecule has 1 aliphatic carbocycles. The monoisotopic (exact) mass is 384 g/mol. The highest BCUT2D eigenvalue weighted by atomic mass is 16.2. The van der Waals surface area contributed by atoms with Crippen molar-refractivity contribution < 1.29 is 9.59 Å². The van der Waals surface area contributed by atoms with Crippen LogP contribution in [0.15, 0.2) is 24.3 Å².